The van der Waals surface area contributed by atoms with Crippen LogP contribution in [0.2, 0.25) is 0 Å². The molecule has 9 nitrogen and oxygen atoms in total. The number of benzene rings is 1. The Balaban J connectivity index is 2.78. The summed E-state index contributed by atoms with van der Waals surface area (Å²) in [5.74, 6) is 4.73. The van der Waals surface area contributed by atoms with Gasteiger partial charge >= 0.3 is 0 Å². The van der Waals surface area contributed by atoms with Gasteiger partial charge in [-0.3, -0.25) is 20.8 Å². The van der Waals surface area contributed by atoms with E-state index in [1.54, 1.807) is 0 Å². The molecule has 1 aromatic rings. The molecule has 0 bridgehead atoms. The Bertz CT molecular complexity index is 508. The average molecular weight is 298 g/mol. The van der Waals surface area contributed by atoms with Gasteiger partial charge in [-0.2, -0.15) is 0 Å². The van der Waals surface area contributed by atoms with Crippen LogP contribution in [0.25, 0.3) is 0 Å². The molecule has 1 amide bonds. The van der Waals surface area contributed by atoms with Crippen LogP contribution in [0.4, 0.5) is 11.4 Å². The minimum absolute atomic E-state index is 0.130. The van der Waals surface area contributed by atoms with E-state index in [0.717, 1.165) is 6.07 Å². The third-order valence-electron chi connectivity index (χ3n) is 2.79. The molecule has 4 N–H and O–H groups in total. The number of nitro groups is 1. The van der Waals surface area contributed by atoms with Gasteiger partial charge in [0.25, 0.3) is 11.6 Å². The first kappa shape index (κ1) is 16.8. The molecule has 116 valence electrons. The third kappa shape index (κ3) is 4.67. The summed E-state index contributed by atoms with van der Waals surface area (Å²) in [5, 5.41) is 13.5. The molecule has 9 heteroatoms. The van der Waals surface area contributed by atoms with Gasteiger partial charge in [0, 0.05) is 32.4 Å². The van der Waals surface area contributed by atoms with Crippen molar-refractivity contribution in [2.24, 2.45) is 5.84 Å². The van der Waals surface area contributed by atoms with Crippen LogP contribution >= 0.6 is 0 Å². The van der Waals surface area contributed by atoms with Gasteiger partial charge in [-0.15, -0.1) is 0 Å². The van der Waals surface area contributed by atoms with Gasteiger partial charge in [0.1, 0.15) is 5.69 Å². The SMILES string of the molecule is COCC(CNC(=O)c1ccc(NN)c([N+](=O)[O-])c1)OC. The van der Waals surface area contributed by atoms with E-state index in [9.17, 15) is 14.9 Å². The van der Waals surface area contributed by atoms with Crippen molar-refractivity contribution in [3.63, 3.8) is 0 Å². The van der Waals surface area contributed by atoms with Crippen LogP contribution < -0.4 is 16.6 Å². The number of nitro benzene ring substituents is 1. The molecular formula is C12H18N4O5. The highest BCUT2D eigenvalue weighted by molar-refractivity contribution is 5.95. The Morgan fingerprint density at radius 2 is 2.19 bits per heavy atom. The Morgan fingerprint density at radius 1 is 1.48 bits per heavy atom. The Hall–Kier alpha value is -2.23. The van der Waals surface area contributed by atoms with Gasteiger partial charge in [0.15, 0.2) is 0 Å². The van der Waals surface area contributed by atoms with Crippen molar-refractivity contribution >= 4 is 17.3 Å². The lowest BCUT2D eigenvalue weighted by Crippen LogP contribution is -2.35. The number of methoxy groups -OCH3 is 2. The highest BCUT2D eigenvalue weighted by Crippen LogP contribution is 2.24. The number of anilines is 1. The summed E-state index contributed by atoms with van der Waals surface area (Å²) >= 11 is 0. The molecule has 0 heterocycles. The van der Waals surface area contributed by atoms with Crippen molar-refractivity contribution in [3.05, 3.63) is 33.9 Å². The summed E-state index contributed by atoms with van der Waals surface area (Å²) in [6.07, 6.45) is -0.293. The number of carbonyl (C=O) groups is 1. The molecule has 0 aliphatic heterocycles. The van der Waals surface area contributed by atoms with E-state index in [1.165, 1.54) is 26.4 Å². The van der Waals surface area contributed by atoms with Crippen LogP contribution in [0.5, 0.6) is 0 Å². The highest BCUT2D eigenvalue weighted by Gasteiger charge is 2.17. The molecule has 0 saturated heterocycles. The zero-order valence-corrected chi connectivity index (χ0v) is 11.8. The zero-order valence-electron chi connectivity index (χ0n) is 11.8. The number of ether oxygens (including phenoxy) is 2. The normalized spacial score (nSPS) is 11.8. The fourth-order valence-corrected chi connectivity index (χ4v) is 1.65. The third-order valence-corrected chi connectivity index (χ3v) is 2.79. The Labute approximate surface area is 121 Å². The standard InChI is InChI=1S/C12H18N4O5/c1-20-7-9(21-2)6-14-12(17)8-3-4-10(15-13)11(5-8)16(18)19/h3-5,9,15H,6-7,13H2,1-2H3,(H,14,17). The predicted molar refractivity (Wildman–Crippen MR) is 75.9 cm³/mol. The molecular weight excluding hydrogens is 280 g/mol. The van der Waals surface area contributed by atoms with E-state index in [4.69, 9.17) is 15.3 Å². The molecule has 0 aliphatic rings. The van der Waals surface area contributed by atoms with E-state index in [1.807, 2.05) is 0 Å². The van der Waals surface area contributed by atoms with Gasteiger partial charge in [-0.25, -0.2) is 0 Å². The van der Waals surface area contributed by atoms with Crippen molar-refractivity contribution in [3.8, 4) is 0 Å². The van der Waals surface area contributed by atoms with Crippen LogP contribution in [0.15, 0.2) is 18.2 Å². The summed E-state index contributed by atoms with van der Waals surface area (Å²) in [5.41, 5.74) is 2.23. The fraction of sp³-hybridized carbons (Fsp3) is 0.417. The number of nitrogens with one attached hydrogen (secondary N) is 2. The van der Waals surface area contributed by atoms with Crippen LogP contribution in [-0.2, 0) is 9.47 Å². The maximum Gasteiger partial charge on any atom is 0.294 e. The van der Waals surface area contributed by atoms with Crippen molar-refractivity contribution in [1.29, 1.82) is 0 Å². The molecule has 21 heavy (non-hydrogen) atoms. The highest BCUT2D eigenvalue weighted by atomic mass is 16.6. The second-order valence-electron chi connectivity index (χ2n) is 4.16. The number of nitrogens with two attached hydrogens (primary N) is 1. The predicted octanol–water partition coefficient (Wildman–Crippen LogP) is 0.272. The molecule has 0 spiro atoms. The molecule has 1 rings (SSSR count). The molecule has 0 aromatic heterocycles. The Kier molecular flexibility index (Phi) is 6.53. The number of carbonyl (C=O) groups excluding carboxylic acids is 1. The first-order valence-electron chi connectivity index (χ1n) is 6.08. The fourth-order valence-electron chi connectivity index (χ4n) is 1.65. The lowest BCUT2D eigenvalue weighted by molar-refractivity contribution is -0.384. The second-order valence-corrected chi connectivity index (χ2v) is 4.16. The van der Waals surface area contributed by atoms with Gasteiger partial charge in [-0.05, 0) is 12.1 Å². The largest absolute Gasteiger partial charge is 0.382 e. The summed E-state index contributed by atoms with van der Waals surface area (Å²) in [7, 11) is 3.03. The molecule has 0 radical (unpaired) electrons. The number of nitrogen functional groups attached to an aromatic ring is 1. The van der Waals surface area contributed by atoms with Gasteiger partial charge in [0.2, 0.25) is 0 Å². The van der Waals surface area contributed by atoms with Crippen molar-refractivity contribution in [1.82, 2.24) is 5.32 Å². The Morgan fingerprint density at radius 3 is 2.71 bits per heavy atom. The van der Waals surface area contributed by atoms with Gasteiger partial charge in [-0.1, -0.05) is 0 Å². The first-order chi connectivity index (χ1) is 10.0. The van der Waals surface area contributed by atoms with Crippen LogP contribution in [0, 0.1) is 10.1 Å². The molecule has 1 unspecified atom stereocenters. The second kappa shape index (κ2) is 8.15. The van der Waals surface area contributed by atoms with E-state index in [0.29, 0.717) is 6.61 Å². The number of hydrogen-bond donors (Lipinski definition) is 3. The molecule has 1 atom stereocenters. The van der Waals surface area contributed by atoms with E-state index in [-0.39, 0.29) is 29.6 Å². The van der Waals surface area contributed by atoms with Crippen LogP contribution in [0.3, 0.4) is 0 Å². The van der Waals surface area contributed by atoms with E-state index >= 15 is 0 Å². The summed E-state index contributed by atoms with van der Waals surface area (Å²) < 4.78 is 10.0. The number of rotatable bonds is 8. The quantitative estimate of drug-likeness (QED) is 0.357. The lowest BCUT2D eigenvalue weighted by Gasteiger charge is -2.15. The van der Waals surface area contributed by atoms with Crippen molar-refractivity contribution in [2.45, 2.75) is 6.10 Å². The maximum absolute atomic E-state index is 12.0. The summed E-state index contributed by atoms with van der Waals surface area (Å²) in [6, 6.07) is 3.97. The number of hydrogen-bond acceptors (Lipinski definition) is 7. The minimum atomic E-state index is -0.616. The van der Waals surface area contributed by atoms with E-state index < -0.39 is 10.8 Å². The smallest absolute Gasteiger partial charge is 0.294 e. The van der Waals surface area contributed by atoms with Crippen LogP contribution in [-0.4, -0.2) is 44.3 Å². The maximum atomic E-state index is 12.0. The monoisotopic (exact) mass is 298 g/mol. The molecule has 1 aromatic carbocycles. The molecule has 0 aliphatic carbocycles. The molecule has 0 saturated carbocycles. The van der Waals surface area contributed by atoms with Crippen molar-refractivity contribution < 1.29 is 19.2 Å². The number of amides is 1. The number of hydrazine groups is 1. The summed E-state index contributed by atoms with van der Waals surface area (Å²) in [6.45, 7) is 0.556. The summed E-state index contributed by atoms with van der Waals surface area (Å²) in [4.78, 5) is 22.2. The lowest BCUT2D eigenvalue weighted by atomic mass is 10.1. The average Bonchev–Trinajstić information content (AvgIpc) is 2.50. The van der Waals surface area contributed by atoms with E-state index in [2.05, 4.69) is 10.7 Å². The first-order valence-corrected chi connectivity index (χ1v) is 6.08. The number of nitrogens with zero attached hydrogens (tertiary/aromatic N) is 1. The zero-order chi connectivity index (χ0) is 15.8. The minimum Gasteiger partial charge on any atom is -0.382 e. The topological polar surface area (TPSA) is 129 Å². The molecule has 0 fully saturated rings. The van der Waals surface area contributed by atoms with Gasteiger partial charge in [0.05, 0.1) is 17.6 Å². The van der Waals surface area contributed by atoms with Crippen LogP contribution in [0.1, 0.15) is 10.4 Å². The van der Waals surface area contributed by atoms with Gasteiger partial charge < -0.3 is 20.2 Å². The van der Waals surface area contributed by atoms with Crippen molar-refractivity contribution in [2.75, 3.05) is 32.8 Å².